The highest BCUT2D eigenvalue weighted by Gasteiger charge is 2.20. The van der Waals surface area contributed by atoms with Crippen molar-refractivity contribution in [3.05, 3.63) is 63.2 Å². The smallest absolute Gasteiger partial charge is 0.336 e. The second kappa shape index (κ2) is 5.94. The van der Waals surface area contributed by atoms with Crippen molar-refractivity contribution in [2.75, 3.05) is 0 Å². The molecule has 5 nitrogen and oxygen atoms in total. The predicted molar refractivity (Wildman–Crippen MR) is 75.6 cm³/mol. The summed E-state index contributed by atoms with van der Waals surface area (Å²) in [5.41, 5.74) is -0.0746. The zero-order chi connectivity index (χ0) is 14.7. The van der Waals surface area contributed by atoms with Crippen molar-refractivity contribution in [2.45, 2.75) is 9.79 Å². The Morgan fingerprint density at radius 3 is 2.55 bits per heavy atom. The molecule has 0 bridgehead atoms. The third-order valence-electron chi connectivity index (χ3n) is 2.47. The number of hydrogen-bond acceptors (Lipinski definition) is 4. The molecular weight excluding hydrogens is 302 g/mol. The van der Waals surface area contributed by atoms with Crippen LogP contribution in [0.1, 0.15) is 10.4 Å². The molecule has 0 spiro atoms. The zero-order valence-electron chi connectivity index (χ0n) is 9.95. The molecular formula is C13H8ClNO4S. The van der Waals surface area contributed by atoms with Crippen LogP contribution < -0.4 is 0 Å². The van der Waals surface area contributed by atoms with Gasteiger partial charge in [0, 0.05) is 11.0 Å². The molecule has 102 valence electrons. The molecule has 0 saturated heterocycles. The summed E-state index contributed by atoms with van der Waals surface area (Å²) in [4.78, 5) is 22.2. The van der Waals surface area contributed by atoms with Gasteiger partial charge in [-0.2, -0.15) is 0 Å². The van der Waals surface area contributed by atoms with Gasteiger partial charge in [-0.25, -0.2) is 4.79 Å². The van der Waals surface area contributed by atoms with Gasteiger partial charge in [0.15, 0.2) is 0 Å². The highest BCUT2D eigenvalue weighted by molar-refractivity contribution is 7.99. The third-order valence-corrected chi connectivity index (χ3v) is 4.11. The van der Waals surface area contributed by atoms with Crippen LogP contribution in [0.5, 0.6) is 0 Å². The lowest BCUT2D eigenvalue weighted by Crippen LogP contribution is -1.98. The Bertz CT molecular complexity index is 690. The summed E-state index contributed by atoms with van der Waals surface area (Å²) < 4.78 is 0. The monoisotopic (exact) mass is 309 g/mol. The van der Waals surface area contributed by atoms with Gasteiger partial charge in [0.05, 0.1) is 15.5 Å². The molecule has 2 aromatic carbocycles. The van der Waals surface area contributed by atoms with E-state index >= 15 is 0 Å². The van der Waals surface area contributed by atoms with E-state index < -0.39 is 10.9 Å². The molecule has 0 unspecified atom stereocenters. The maximum Gasteiger partial charge on any atom is 0.336 e. The first-order valence-electron chi connectivity index (χ1n) is 5.44. The van der Waals surface area contributed by atoms with Gasteiger partial charge in [-0.1, -0.05) is 41.6 Å². The average molecular weight is 310 g/mol. The minimum Gasteiger partial charge on any atom is -0.478 e. The van der Waals surface area contributed by atoms with E-state index in [9.17, 15) is 14.9 Å². The van der Waals surface area contributed by atoms with Crippen LogP contribution in [-0.4, -0.2) is 16.0 Å². The van der Waals surface area contributed by atoms with E-state index in [2.05, 4.69) is 0 Å². The molecule has 0 heterocycles. The van der Waals surface area contributed by atoms with Crippen molar-refractivity contribution in [2.24, 2.45) is 0 Å². The highest BCUT2D eigenvalue weighted by Crippen LogP contribution is 2.40. The Labute approximate surface area is 123 Å². The first-order chi connectivity index (χ1) is 9.50. The first kappa shape index (κ1) is 14.4. The molecule has 2 aromatic rings. The van der Waals surface area contributed by atoms with E-state index in [1.165, 1.54) is 24.3 Å². The Morgan fingerprint density at radius 2 is 1.90 bits per heavy atom. The predicted octanol–water partition coefficient (Wildman–Crippen LogP) is 4.10. The van der Waals surface area contributed by atoms with Gasteiger partial charge < -0.3 is 5.11 Å². The summed E-state index contributed by atoms with van der Waals surface area (Å²) in [6.07, 6.45) is 0. The molecule has 2 rings (SSSR count). The summed E-state index contributed by atoms with van der Waals surface area (Å²) in [5.74, 6) is -1.09. The second-order valence-electron chi connectivity index (χ2n) is 3.75. The normalized spacial score (nSPS) is 10.2. The lowest BCUT2D eigenvalue weighted by molar-refractivity contribution is -0.387. The van der Waals surface area contributed by atoms with E-state index in [4.69, 9.17) is 16.7 Å². The summed E-state index contributed by atoms with van der Waals surface area (Å²) >= 11 is 6.95. The van der Waals surface area contributed by atoms with Gasteiger partial charge in [-0.05, 0) is 18.2 Å². The number of nitro benzene ring substituents is 1. The SMILES string of the molecule is O=C(O)c1ccccc1Sc1c(Cl)cccc1[N+](=O)[O-]. The molecule has 0 aromatic heterocycles. The summed E-state index contributed by atoms with van der Waals surface area (Å²) in [6, 6.07) is 10.6. The topological polar surface area (TPSA) is 80.4 Å². The number of benzene rings is 2. The number of carboxylic acid groups (broad SMARTS) is 1. The molecule has 0 aliphatic heterocycles. The number of aromatic carboxylic acids is 1. The van der Waals surface area contributed by atoms with E-state index in [1.54, 1.807) is 18.2 Å². The van der Waals surface area contributed by atoms with Crippen LogP contribution in [-0.2, 0) is 0 Å². The van der Waals surface area contributed by atoms with Gasteiger partial charge in [0.2, 0.25) is 0 Å². The lowest BCUT2D eigenvalue weighted by Gasteiger charge is -2.07. The maximum absolute atomic E-state index is 11.1. The van der Waals surface area contributed by atoms with Crippen LogP contribution in [0.4, 0.5) is 5.69 Å². The number of carboxylic acids is 1. The van der Waals surface area contributed by atoms with Crippen LogP contribution in [0.3, 0.4) is 0 Å². The highest BCUT2D eigenvalue weighted by atomic mass is 35.5. The van der Waals surface area contributed by atoms with E-state index in [0.717, 1.165) is 11.8 Å². The van der Waals surface area contributed by atoms with Gasteiger partial charge >= 0.3 is 5.97 Å². The fourth-order valence-electron chi connectivity index (χ4n) is 1.58. The van der Waals surface area contributed by atoms with E-state index in [0.29, 0.717) is 4.90 Å². The van der Waals surface area contributed by atoms with Gasteiger partial charge in [-0.15, -0.1) is 0 Å². The molecule has 0 aliphatic rings. The summed E-state index contributed by atoms with van der Waals surface area (Å²) in [6.45, 7) is 0. The molecule has 20 heavy (non-hydrogen) atoms. The standard InChI is InChI=1S/C13H8ClNO4S/c14-9-5-3-6-10(15(18)19)12(9)20-11-7-2-1-4-8(11)13(16)17/h1-7H,(H,16,17). The van der Waals surface area contributed by atoms with Gasteiger partial charge in [0.1, 0.15) is 4.90 Å². The first-order valence-corrected chi connectivity index (χ1v) is 6.63. The van der Waals surface area contributed by atoms with Crippen molar-refractivity contribution in [1.82, 2.24) is 0 Å². The van der Waals surface area contributed by atoms with Gasteiger partial charge in [-0.3, -0.25) is 10.1 Å². The summed E-state index contributed by atoms with van der Waals surface area (Å²) in [7, 11) is 0. The molecule has 0 saturated carbocycles. The molecule has 0 atom stereocenters. The van der Waals surface area contributed by atoms with Crippen molar-refractivity contribution in [3.8, 4) is 0 Å². The second-order valence-corrected chi connectivity index (χ2v) is 5.21. The van der Waals surface area contributed by atoms with Crippen LogP contribution >= 0.6 is 23.4 Å². The molecule has 1 N–H and O–H groups in total. The zero-order valence-corrected chi connectivity index (χ0v) is 11.5. The van der Waals surface area contributed by atoms with Gasteiger partial charge in [0.25, 0.3) is 5.69 Å². The largest absolute Gasteiger partial charge is 0.478 e. The minimum absolute atomic E-state index is 0.0757. The molecule has 0 radical (unpaired) electrons. The number of hydrogen-bond donors (Lipinski definition) is 1. The maximum atomic E-state index is 11.1. The van der Waals surface area contributed by atoms with Crippen molar-refractivity contribution < 1.29 is 14.8 Å². The van der Waals surface area contributed by atoms with Crippen molar-refractivity contribution in [3.63, 3.8) is 0 Å². The van der Waals surface area contributed by atoms with Crippen LogP contribution in [0.2, 0.25) is 5.02 Å². The van der Waals surface area contributed by atoms with Crippen LogP contribution in [0.25, 0.3) is 0 Å². The number of nitro groups is 1. The Kier molecular flexibility index (Phi) is 4.26. The van der Waals surface area contributed by atoms with E-state index in [-0.39, 0.29) is 21.2 Å². The summed E-state index contributed by atoms with van der Waals surface area (Å²) in [5, 5.41) is 20.3. The number of carbonyl (C=O) groups is 1. The van der Waals surface area contributed by atoms with Crippen molar-refractivity contribution in [1.29, 1.82) is 0 Å². The van der Waals surface area contributed by atoms with Crippen LogP contribution in [0, 0.1) is 10.1 Å². The quantitative estimate of drug-likeness (QED) is 0.679. The minimum atomic E-state index is -1.09. The van der Waals surface area contributed by atoms with Crippen molar-refractivity contribution >= 4 is 35.0 Å². The number of rotatable bonds is 4. The van der Waals surface area contributed by atoms with Crippen LogP contribution in [0.15, 0.2) is 52.3 Å². The van der Waals surface area contributed by atoms with E-state index in [1.807, 2.05) is 0 Å². The molecule has 0 aliphatic carbocycles. The Morgan fingerprint density at radius 1 is 1.20 bits per heavy atom. The average Bonchev–Trinajstić information content (AvgIpc) is 2.41. The third kappa shape index (κ3) is 2.92. The fourth-order valence-corrected chi connectivity index (χ4v) is 2.91. The Hall–Kier alpha value is -2.05. The fraction of sp³-hybridized carbons (Fsp3) is 0. The molecule has 0 fully saturated rings. The number of nitrogens with zero attached hydrogens (tertiary/aromatic N) is 1. The Balaban J connectivity index is 2.51. The molecule has 0 amide bonds. The molecule has 7 heteroatoms. The lowest BCUT2D eigenvalue weighted by atomic mass is 10.2. The number of halogens is 1.